The van der Waals surface area contributed by atoms with E-state index in [2.05, 4.69) is 26.1 Å². The number of piperidine rings is 1. The molecule has 15 heavy (non-hydrogen) atoms. The summed E-state index contributed by atoms with van der Waals surface area (Å²) in [5.74, 6) is 2.98. The quantitative estimate of drug-likeness (QED) is 0.697. The van der Waals surface area contributed by atoms with Gasteiger partial charge in [0.2, 0.25) is 0 Å². The van der Waals surface area contributed by atoms with Crippen molar-refractivity contribution in [1.82, 2.24) is 5.32 Å². The van der Waals surface area contributed by atoms with E-state index in [1.807, 2.05) is 0 Å². The summed E-state index contributed by atoms with van der Waals surface area (Å²) >= 11 is 0. The fraction of sp³-hybridized carbons (Fsp3) is 1.00. The molecule has 1 aliphatic heterocycles. The van der Waals surface area contributed by atoms with Crippen LogP contribution in [0.5, 0.6) is 0 Å². The van der Waals surface area contributed by atoms with Gasteiger partial charge in [-0.3, -0.25) is 0 Å². The number of rotatable bonds is 1. The molecule has 0 amide bonds. The zero-order chi connectivity index (χ0) is 10.9. The normalized spacial score (nSPS) is 37.8. The molecule has 1 saturated heterocycles. The van der Waals surface area contributed by atoms with Crippen LogP contribution in [0.4, 0.5) is 0 Å². The summed E-state index contributed by atoms with van der Waals surface area (Å²) in [7, 11) is 0. The van der Waals surface area contributed by atoms with Gasteiger partial charge in [-0.15, -0.1) is 0 Å². The van der Waals surface area contributed by atoms with Gasteiger partial charge in [-0.25, -0.2) is 0 Å². The lowest BCUT2D eigenvalue weighted by molar-refractivity contribution is 0.0669. The van der Waals surface area contributed by atoms with E-state index >= 15 is 0 Å². The molecule has 88 valence electrons. The van der Waals surface area contributed by atoms with E-state index in [0.29, 0.717) is 5.41 Å². The maximum atomic E-state index is 3.48. The first-order valence-electron chi connectivity index (χ1n) is 6.80. The average Bonchev–Trinajstić information content (AvgIpc) is 2.23. The highest BCUT2D eigenvalue weighted by molar-refractivity contribution is 4.88. The molecule has 0 bridgehead atoms. The highest BCUT2D eigenvalue weighted by Crippen LogP contribution is 2.46. The Balaban J connectivity index is 1.93. The van der Waals surface area contributed by atoms with Crippen molar-refractivity contribution in [1.29, 1.82) is 0 Å². The molecule has 0 radical (unpaired) electrons. The zero-order valence-electron chi connectivity index (χ0n) is 10.7. The number of hydrogen-bond acceptors (Lipinski definition) is 1. The Morgan fingerprint density at radius 1 is 0.933 bits per heavy atom. The first-order valence-corrected chi connectivity index (χ1v) is 6.80. The third-order valence-electron chi connectivity index (χ3n) is 5.14. The third-order valence-corrected chi connectivity index (χ3v) is 5.14. The highest BCUT2D eigenvalue weighted by atomic mass is 14.9. The van der Waals surface area contributed by atoms with Gasteiger partial charge >= 0.3 is 0 Å². The molecule has 0 aromatic rings. The van der Waals surface area contributed by atoms with Crippen LogP contribution in [0.25, 0.3) is 0 Å². The Bertz CT molecular complexity index is 203. The highest BCUT2D eigenvalue weighted by Gasteiger charge is 2.37. The molecule has 1 unspecified atom stereocenters. The molecule has 1 heteroatoms. The summed E-state index contributed by atoms with van der Waals surface area (Å²) < 4.78 is 0. The number of nitrogens with one attached hydrogen (secondary N) is 1. The number of hydrogen-bond donors (Lipinski definition) is 1. The van der Waals surface area contributed by atoms with Crippen LogP contribution in [-0.2, 0) is 0 Å². The molecule has 0 spiro atoms. The van der Waals surface area contributed by atoms with Crippen LogP contribution in [-0.4, -0.2) is 13.1 Å². The monoisotopic (exact) mass is 209 g/mol. The van der Waals surface area contributed by atoms with Gasteiger partial charge in [-0.1, -0.05) is 20.8 Å². The lowest BCUT2D eigenvalue weighted by Gasteiger charge is -2.44. The van der Waals surface area contributed by atoms with Crippen molar-refractivity contribution in [3.63, 3.8) is 0 Å². The minimum absolute atomic E-state index is 0.591. The maximum absolute atomic E-state index is 3.48. The minimum atomic E-state index is 0.591. The van der Waals surface area contributed by atoms with Crippen LogP contribution in [0.3, 0.4) is 0 Å². The third kappa shape index (κ3) is 2.55. The van der Waals surface area contributed by atoms with Gasteiger partial charge in [0, 0.05) is 0 Å². The van der Waals surface area contributed by atoms with Crippen LogP contribution in [0.1, 0.15) is 52.9 Å². The van der Waals surface area contributed by atoms with Crippen LogP contribution in [0, 0.1) is 23.2 Å². The Hall–Kier alpha value is -0.0400. The summed E-state index contributed by atoms with van der Waals surface area (Å²) in [4.78, 5) is 0. The summed E-state index contributed by atoms with van der Waals surface area (Å²) in [5.41, 5.74) is 0.591. The van der Waals surface area contributed by atoms with Crippen molar-refractivity contribution in [3.05, 3.63) is 0 Å². The predicted molar refractivity (Wildman–Crippen MR) is 65.9 cm³/mol. The largest absolute Gasteiger partial charge is 0.317 e. The van der Waals surface area contributed by atoms with Gasteiger partial charge in [-0.05, 0) is 68.4 Å². The standard InChI is InChI=1S/C14H27N/c1-11-4-5-13(10-14(11,2)3)12-6-8-15-9-7-12/h11-13,15H,4-10H2,1-3H3/t11-,13?/m0/s1. The Morgan fingerprint density at radius 2 is 1.60 bits per heavy atom. The molecule has 2 rings (SSSR count). The van der Waals surface area contributed by atoms with Crippen molar-refractivity contribution >= 4 is 0 Å². The molecule has 0 aromatic heterocycles. The SMILES string of the molecule is C[C@H]1CCC(C2CCNCC2)CC1(C)C. The maximum Gasteiger partial charge on any atom is -0.00462 e. The second kappa shape index (κ2) is 4.45. The summed E-state index contributed by atoms with van der Waals surface area (Å²) in [5, 5.41) is 3.48. The minimum Gasteiger partial charge on any atom is -0.317 e. The Morgan fingerprint density at radius 3 is 2.20 bits per heavy atom. The van der Waals surface area contributed by atoms with Gasteiger partial charge in [0.25, 0.3) is 0 Å². The van der Waals surface area contributed by atoms with E-state index in [4.69, 9.17) is 0 Å². The summed E-state index contributed by atoms with van der Waals surface area (Å²) in [6, 6.07) is 0. The molecule has 1 saturated carbocycles. The molecular formula is C14H27N. The first-order chi connectivity index (χ1) is 7.09. The molecular weight excluding hydrogens is 182 g/mol. The summed E-state index contributed by atoms with van der Waals surface area (Å²) in [6.07, 6.45) is 7.28. The fourth-order valence-electron chi connectivity index (χ4n) is 3.55. The van der Waals surface area contributed by atoms with Crippen molar-refractivity contribution in [2.24, 2.45) is 23.2 Å². The van der Waals surface area contributed by atoms with E-state index in [1.165, 1.54) is 45.2 Å². The van der Waals surface area contributed by atoms with Gasteiger partial charge in [0.15, 0.2) is 0 Å². The first kappa shape index (κ1) is 11.4. The Kier molecular flexibility index (Phi) is 3.39. The van der Waals surface area contributed by atoms with Crippen LogP contribution in [0.2, 0.25) is 0 Å². The lowest BCUT2D eigenvalue weighted by Crippen LogP contribution is -2.37. The van der Waals surface area contributed by atoms with E-state index in [-0.39, 0.29) is 0 Å². The van der Waals surface area contributed by atoms with E-state index < -0.39 is 0 Å². The molecule has 2 atom stereocenters. The van der Waals surface area contributed by atoms with Gasteiger partial charge < -0.3 is 5.32 Å². The van der Waals surface area contributed by atoms with E-state index in [9.17, 15) is 0 Å². The molecule has 2 aliphatic rings. The van der Waals surface area contributed by atoms with E-state index in [0.717, 1.165) is 17.8 Å². The van der Waals surface area contributed by atoms with Crippen molar-refractivity contribution in [3.8, 4) is 0 Å². The molecule has 1 nitrogen and oxygen atoms in total. The van der Waals surface area contributed by atoms with Crippen LogP contribution in [0.15, 0.2) is 0 Å². The zero-order valence-corrected chi connectivity index (χ0v) is 10.7. The fourth-order valence-corrected chi connectivity index (χ4v) is 3.55. The topological polar surface area (TPSA) is 12.0 Å². The molecule has 0 aromatic carbocycles. The summed E-state index contributed by atoms with van der Waals surface area (Å²) in [6.45, 7) is 9.92. The van der Waals surface area contributed by atoms with Crippen LogP contribution < -0.4 is 5.32 Å². The van der Waals surface area contributed by atoms with Crippen molar-refractivity contribution in [2.45, 2.75) is 52.9 Å². The molecule has 1 aliphatic carbocycles. The predicted octanol–water partition coefficient (Wildman–Crippen LogP) is 3.45. The second-order valence-electron chi connectivity index (χ2n) is 6.52. The molecule has 1 heterocycles. The second-order valence-corrected chi connectivity index (χ2v) is 6.52. The molecule has 2 fully saturated rings. The van der Waals surface area contributed by atoms with Crippen molar-refractivity contribution < 1.29 is 0 Å². The van der Waals surface area contributed by atoms with Crippen LogP contribution >= 0.6 is 0 Å². The van der Waals surface area contributed by atoms with E-state index in [1.54, 1.807) is 0 Å². The lowest BCUT2D eigenvalue weighted by atomic mass is 9.62. The molecule has 1 N–H and O–H groups in total. The van der Waals surface area contributed by atoms with Gasteiger partial charge in [-0.2, -0.15) is 0 Å². The average molecular weight is 209 g/mol. The Labute approximate surface area is 95.0 Å². The van der Waals surface area contributed by atoms with Gasteiger partial charge in [0.1, 0.15) is 0 Å². The van der Waals surface area contributed by atoms with Gasteiger partial charge in [0.05, 0.1) is 0 Å². The van der Waals surface area contributed by atoms with Crippen molar-refractivity contribution in [2.75, 3.05) is 13.1 Å². The smallest absolute Gasteiger partial charge is 0.00462 e.